The minimum Gasteiger partial charge on any atom is -0.492 e. The van der Waals surface area contributed by atoms with Gasteiger partial charge in [0, 0.05) is 56.8 Å². The third kappa shape index (κ3) is 5.47. The number of nitrogens with one attached hydrogen (secondary N) is 1. The molecule has 2 atom stereocenters. The molecule has 2 saturated heterocycles. The number of carbonyl (C=O) groups is 1. The lowest BCUT2D eigenvalue weighted by molar-refractivity contribution is -0.127. The number of aliphatic hydroxyl groups excluding tert-OH is 1. The molecule has 1 spiro atoms. The second-order valence-electron chi connectivity index (χ2n) is 11.4. The first-order valence-corrected chi connectivity index (χ1v) is 15.0. The summed E-state index contributed by atoms with van der Waals surface area (Å²) in [6.07, 6.45) is 5.99. The molecule has 11 heteroatoms. The van der Waals surface area contributed by atoms with Gasteiger partial charge >= 0.3 is 0 Å². The summed E-state index contributed by atoms with van der Waals surface area (Å²) in [7, 11) is -2.28. The molecule has 208 valence electrons. The van der Waals surface area contributed by atoms with Gasteiger partial charge in [-0.2, -0.15) is 9.40 Å². The second-order valence-corrected chi connectivity index (χ2v) is 13.3. The molecular formula is C27H39N5O5S. The first kappa shape index (κ1) is 27.1. The van der Waals surface area contributed by atoms with E-state index in [1.165, 1.54) is 6.07 Å². The molecule has 0 radical (unpaired) electrons. The molecule has 0 bridgehead atoms. The number of carbonyl (C=O) groups excluding carboxylic acids is 1. The highest BCUT2D eigenvalue weighted by molar-refractivity contribution is 7.89. The maximum Gasteiger partial charge on any atom is 0.247 e. The average Bonchev–Trinajstić information content (AvgIpc) is 3.49. The van der Waals surface area contributed by atoms with Crippen LogP contribution in [0.4, 0.5) is 0 Å². The number of piperidine rings is 1. The van der Waals surface area contributed by atoms with Crippen molar-refractivity contribution in [1.82, 2.24) is 24.3 Å². The van der Waals surface area contributed by atoms with Crippen LogP contribution in [0.15, 0.2) is 35.5 Å². The van der Waals surface area contributed by atoms with Gasteiger partial charge in [0.25, 0.3) is 0 Å². The zero-order valence-corrected chi connectivity index (χ0v) is 23.3. The van der Waals surface area contributed by atoms with Crippen LogP contribution < -0.4 is 10.1 Å². The van der Waals surface area contributed by atoms with Crippen molar-refractivity contribution < 1.29 is 23.1 Å². The second kappa shape index (κ2) is 10.6. The Morgan fingerprint density at radius 3 is 2.66 bits per heavy atom. The molecule has 38 heavy (non-hydrogen) atoms. The van der Waals surface area contributed by atoms with Gasteiger partial charge in [-0.25, -0.2) is 8.42 Å². The SMILES string of the molecule is CC(C)CCN1CCC2(CCOc3cc(-c4cnn(C)c4)ccc3S(=O)(=O)N3C[C@H](O)C[C@H]3C(=O)N2)CC1. The lowest BCUT2D eigenvalue weighted by Gasteiger charge is -2.43. The van der Waals surface area contributed by atoms with Crippen LogP contribution in [0.3, 0.4) is 0 Å². The molecule has 5 rings (SSSR count). The Kier molecular flexibility index (Phi) is 7.56. The van der Waals surface area contributed by atoms with E-state index in [1.807, 2.05) is 13.2 Å². The van der Waals surface area contributed by atoms with Gasteiger partial charge in [0.15, 0.2) is 0 Å². The van der Waals surface area contributed by atoms with E-state index in [4.69, 9.17) is 4.74 Å². The van der Waals surface area contributed by atoms with Gasteiger partial charge in [-0.1, -0.05) is 19.9 Å². The van der Waals surface area contributed by atoms with E-state index in [-0.39, 0.29) is 36.1 Å². The molecule has 0 saturated carbocycles. The summed E-state index contributed by atoms with van der Waals surface area (Å²) in [6.45, 7) is 7.36. The normalized spacial score (nSPS) is 25.9. The summed E-state index contributed by atoms with van der Waals surface area (Å²) in [4.78, 5) is 16.0. The van der Waals surface area contributed by atoms with Crippen molar-refractivity contribution in [2.45, 2.75) is 68.5 Å². The van der Waals surface area contributed by atoms with E-state index in [2.05, 4.69) is 29.2 Å². The van der Waals surface area contributed by atoms with Gasteiger partial charge in [0.1, 0.15) is 16.7 Å². The predicted molar refractivity (Wildman–Crippen MR) is 143 cm³/mol. The number of fused-ring (bicyclic) bond motifs is 2. The molecule has 1 aromatic carbocycles. The monoisotopic (exact) mass is 545 g/mol. The minimum absolute atomic E-state index is 0.0106. The Hall–Kier alpha value is -2.47. The summed E-state index contributed by atoms with van der Waals surface area (Å²) in [6, 6.07) is 4.04. The first-order valence-electron chi connectivity index (χ1n) is 13.6. The van der Waals surface area contributed by atoms with Crippen LogP contribution >= 0.6 is 0 Å². The fourth-order valence-corrected chi connectivity index (χ4v) is 7.53. The molecule has 0 unspecified atom stereocenters. The van der Waals surface area contributed by atoms with Crippen LogP contribution in [0.5, 0.6) is 5.75 Å². The van der Waals surface area contributed by atoms with Crippen molar-refractivity contribution in [3.8, 4) is 16.9 Å². The smallest absolute Gasteiger partial charge is 0.247 e. The lowest BCUT2D eigenvalue weighted by Crippen LogP contribution is -2.59. The number of amides is 1. The summed E-state index contributed by atoms with van der Waals surface area (Å²) in [5.41, 5.74) is 1.16. The van der Waals surface area contributed by atoms with E-state index in [0.717, 1.165) is 54.3 Å². The van der Waals surface area contributed by atoms with E-state index in [0.29, 0.717) is 12.3 Å². The molecule has 2 fully saturated rings. The van der Waals surface area contributed by atoms with Crippen LogP contribution in [-0.4, -0.2) is 88.9 Å². The zero-order valence-electron chi connectivity index (χ0n) is 22.5. The summed E-state index contributed by atoms with van der Waals surface area (Å²) < 4.78 is 36.7. The Bertz CT molecular complexity index is 1270. The largest absolute Gasteiger partial charge is 0.492 e. The fraction of sp³-hybridized carbons (Fsp3) is 0.630. The van der Waals surface area contributed by atoms with E-state index >= 15 is 0 Å². The molecule has 0 aliphatic carbocycles. The Morgan fingerprint density at radius 1 is 1.21 bits per heavy atom. The predicted octanol–water partition coefficient (Wildman–Crippen LogP) is 1.99. The highest BCUT2D eigenvalue weighted by Gasteiger charge is 2.47. The van der Waals surface area contributed by atoms with Gasteiger partial charge < -0.3 is 20.1 Å². The van der Waals surface area contributed by atoms with Crippen LogP contribution in [0, 0.1) is 5.92 Å². The van der Waals surface area contributed by atoms with Gasteiger partial charge in [0.2, 0.25) is 15.9 Å². The molecule has 10 nitrogen and oxygen atoms in total. The Labute approximate surface area is 225 Å². The molecule has 1 aromatic heterocycles. The van der Waals surface area contributed by atoms with Crippen molar-refractivity contribution in [2.75, 3.05) is 32.8 Å². The van der Waals surface area contributed by atoms with Gasteiger partial charge in [-0.15, -0.1) is 0 Å². The van der Waals surface area contributed by atoms with Crippen LogP contribution in [0.25, 0.3) is 11.1 Å². The quantitative estimate of drug-likeness (QED) is 0.604. The summed E-state index contributed by atoms with van der Waals surface area (Å²) >= 11 is 0. The third-order valence-electron chi connectivity index (χ3n) is 8.17. The maximum atomic E-state index is 13.8. The summed E-state index contributed by atoms with van der Waals surface area (Å²) in [5, 5.41) is 17.9. The number of rotatable bonds is 4. The highest BCUT2D eigenvalue weighted by atomic mass is 32.2. The first-order chi connectivity index (χ1) is 18.1. The number of likely N-dealkylation sites (tertiary alicyclic amines) is 1. The van der Waals surface area contributed by atoms with Gasteiger partial charge in [-0.05, 0) is 49.4 Å². The number of aromatic nitrogens is 2. The van der Waals surface area contributed by atoms with Crippen LogP contribution in [0.2, 0.25) is 0 Å². The van der Waals surface area contributed by atoms with E-state index < -0.39 is 27.7 Å². The zero-order chi connectivity index (χ0) is 27.1. The molecule has 3 aliphatic rings. The number of ether oxygens (including phenoxy) is 1. The van der Waals surface area contributed by atoms with Crippen molar-refractivity contribution in [2.24, 2.45) is 13.0 Å². The van der Waals surface area contributed by atoms with E-state index in [1.54, 1.807) is 23.0 Å². The van der Waals surface area contributed by atoms with Crippen molar-refractivity contribution in [1.29, 1.82) is 0 Å². The number of benzene rings is 1. The Morgan fingerprint density at radius 2 is 1.97 bits per heavy atom. The molecule has 4 heterocycles. The van der Waals surface area contributed by atoms with Crippen molar-refractivity contribution in [3.05, 3.63) is 30.6 Å². The van der Waals surface area contributed by atoms with Crippen LogP contribution in [0.1, 0.15) is 46.0 Å². The standard InChI is InChI=1S/C27H39N5O5S/c1-19(2)6-10-31-11-7-27(8-12-31)9-13-37-24-14-20(21-16-28-30(3)17-21)4-5-25(24)38(35,36)32-18-22(33)15-23(32)26(34)29-27/h4-5,14,16-17,19,22-23,33H,6-13,15,18H2,1-3H3,(H,29,34)/t22-,23+/m1/s1. The number of nitrogens with zero attached hydrogens (tertiary/aromatic N) is 4. The van der Waals surface area contributed by atoms with E-state index in [9.17, 15) is 18.3 Å². The number of aliphatic hydroxyl groups is 1. The maximum absolute atomic E-state index is 13.8. The molecule has 1 amide bonds. The summed E-state index contributed by atoms with van der Waals surface area (Å²) in [5.74, 6) is 0.552. The fourth-order valence-electron chi connectivity index (χ4n) is 5.78. The number of hydrogen-bond donors (Lipinski definition) is 2. The molecule has 2 N–H and O–H groups in total. The third-order valence-corrected chi connectivity index (χ3v) is 10.1. The average molecular weight is 546 g/mol. The number of sulfonamides is 1. The number of hydrogen-bond acceptors (Lipinski definition) is 7. The highest BCUT2D eigenvalue weighted by Crippen LogP contribution is 2.37. The number of aryl methyl sites for hydroxylation is 1. The minimum atomic E-state index is -4.10. The van der Waals surface area contributed by atoms with Crippen molar-refractivity contribution >= 4 is 15.9 Å². The topological polar surface area (TPSA) is 117 Å². The van der Waals surface area contributed by atoms with Gasteiger partial charge in [-0.3, -0.25) is 9.48 Å². The van der Waals surface area contributed by atoms with Crippen LogP contribution in [-0.2, 0) is 21.9 Å². The Balaban J connectivity index is 1.47. The van der Waals surface area contributed by atoms with Crippen molar-refractivity contribution in [3.63, 3.8) is 0 Å². The molecule has 2 aromatic rings. The molecular weight excluding hydrogens is 506 g/mol. The van der Waals surface area contributed by atoms with Gasteiger partial charge in [0.05, 0.1) is 18.9 Å². The lowest BCUT2D eigenvalue weighted by atomic mass is 9.84. The molecule has 3 aliphatic heterocycles.